The molecule has 0 aliphatic rings. The predicted molar refractivity (Wildman–Crippen MR) is 68.5 cm³/mol. The molecular formula is C12H18BrNO2. The van der Waals surface area contributed by atoms with Crippen LogP contribution in [0.5, 0.6) is 0 Å². The van der Waals surface area contributed by atoms with Crippen LogP contribution in [0.25, 0.3) is 0 Å². The molecule has 1 aromatic rings. The van der Waals surface area contributed by atoms with E-state index in [1.807, 2.05) is 0 Å². The molecule has 4 heteroatoms. The number of methoxy groups -OCH3 is 1. The van der Waals surface area contributed by atoms with Gasteiger partial charge < -0.3 is 15.2 Å². The minimum atomic E-state index is -0.445. The summed E-state index contributed by atoms with van der Waals surface area (Å²) in [4.78, 5) is 0. The molecule has 0 aliphatic carbocycles. The van der Waals surface area contributed by atoms with Crippen molar-refractivity contribution >= 4 is 15.9 Å². The van der Waals surface area contributed by atoms with Crippen LogP contribution in [0.15, 0.2) is 22.7 Å². The van der Waals surface area contributed by atoms with Crippen LogP contribution < -0.4 is 5.32 Å². The summed E-state index contributed by atoms with van der Waals surface area (Å²) in [6, 6.07) is 6.24. The summed E-state index contributed by atoms with van der Waals surface area (Å²) in [6.45, 7) is 3.72. The molecule has 16 heavy (non-hydrogen) atoms. The molecule has 0 aromatic heterocycles. The SMILES string of the molecule is COCC(O)CNCc1ccc(C)c(Br)c1. The maximum atomic E-state index is 9.43. The number of benzene rings is 1. The highest BCUT2D eigenvalue weighted by Crippen LogP contribution is 2.17. The van der Waals surface area contributed by atoms with E-state index >= 15 is 0 Å². The van der Waals surface area contributed by atoms with Crippen molar-refractivity contribution in [2.75, 3.05) is 20.3 Å². The molecule has 1 atom stereocenters. The maximum absolute atomic E-state index is 9.43. The van der Waals surface area contributed by atoms with Crippen molar-refractivity contribution in [2.45, 2.75) is 19.6 Å². The Hall–Kier alpha value is -0.420. The van der Waals surface area contributed by atoms with Crippen molar-refractivity contribution in [3.8, 4) is 0 Å². The van der Waals surface area contributed by atoms with Gasteiger partial charge in [0.25, 0.3) is 0 Å². The molecule has 0 saturated carbocycles. The number of aryl methyl sites for hydroxylation is 1. The Morgan fingerprint density at radius 1 is 1.50 bits per heavy atom. The summed E-state index contributed by atoms with van der Waals surface area (Å²) in [5, 5.41) is 12.6. The van der Waals surface area contributed by atoms with E-state index in [1.54, 1.807) is 7.11 Å². The first-order chi connectivity index (χ1) is 7.63. The van der Waals surface area contributed by atoms with E-state index in [0.717, 1.165) is 11.0 Å². The molecule has 0 bridgehead atoms. The maximum Gasteiger partial charge on any atom is 0.0897 e. The highest BCUT2D eigenvalue weighted by Gasteiger charge is 2.02. The molecular weight excluding hydrogens is 270 g/mol. The molecule has 0 fully saturated rings. The van der Waals surface area contributed by atoms with Crippen LogP contribution in [-0.4, -0.2) is 31.5 Å². The smallest absolute Gasteiger partial charge is 0.0897 e. The Bertz CT molecular complexity index is 331. The number of ether oxygens (including phenoxy) is 1. The Balaban J connectivity index is 2.34. The van der Waals surface area contributed by atoms with Gasteiger partial charge in [0, 0.05) is 24.7 Å². The highest BCUT2D eigenvalue weighted by molar-refractivity contribution is 9.10. The van der Waals surface area contributed by atoms with Crippen LogP contribution in [0, 0.1) is 6.92 Å². The molecule has 1 aromatic carbocycles. The van der Waals surface area contributed by atoms with Gasteiger partial charge in [-0.1, -0.05) is 28.1 Å². The molecule has 0 saturated heterocycles. The van der Waals surface area contributed by atoms with Gasteiger partial charge in [-0.05, 0) is 24.1 Å². The van der Waals surface area contributed by atoms with Gasteiger partial charge in [0.05, 0.1) is 12.7 Å². The summed E-state index contributed by atoms with van der Waals surface area (Å²) >= 11 is 3.49. The molecule has 0 aliphatic heterocycles. The van der Waals surface area contributed by atoms with E-state index in [0.29, 0.717) is 13.2 Å². The molecule has 0 spiro atoms. The highest BCUT2D eigenvalue weighted by atomic mass is 79.9. The number of aliphatic hydroxyl groups excluding tert-OH is 1. The monoisotopic (exact) mass is 287 g/mol. The topological polar surface area (TPSA) is 41.5 Å². The third-order valence-corrected chi connectivity index (χ3v) is 3.16. The Kier molecular flexibility index (Phi) is 5.98. The average Bonchev–Trinajstić information content (AvgIpc) is 2.24. The number of hydrogen-bond donors (Lipinski definition) is 2. The van der Waals surface area contributed by atoms with Crippen LogP contribution in [0.2, 0.25) is 0 Å². The molecule has 0 heterocycles. The van der Waals surface area contributed by atoms with Crippen molar-refractivity contribution in [2.24, 2.45) is 0 Å². The number of hydrogen-bond acceptors (Lipinski definition) is 3. The summed E-state index contributed by atoms with van der Waals surface area (Å²) in [7, 11) is 1.58. The standard InChI is InChI=1S/C12H18BrNO2/c1-9-3-4-10(5-12(9)13)6-14-7-11(15)8-16-2/h3-5,11,14-15H,6-8H2,1-2H3. The Labute approximate surface area is 105 Å². The number of aliphatic hydroxyl groups is 1. The van der Waals surface area contributed by atoms with Gasteiger partial charge in [-0.15, -0.1) is 0 Å². The lowest BCUT2D eigenvalue weighted by atomic mass is 10.1. The van der Waals surface area contributed by atoms with Crippen LogP contribution in [0.1, 0.15) is 11.1 Å². The molecule has 2 N–H and O–H groups in total. The van der Waals surface area contributed by atoms with Gasteiger partial charge in [0.2, 0.25) is 0 Å². The number of nitrogens with one attached hydrogen (secondary N) is 1. The molecule has 0 radical (unpaired) electrons. The zero-order chi connectivity index (χ0) is 12.0. The summed E-state index contributed by atoms with van der Waals surface area (Å²) in [5.74, 6) is 0. The first-order valence-electron chi connectivity index (χ1n) is 5.26. The van der Waals surface area contributed by atoms with Crippen molar-refractivity contribution in [3.05, 3.63) is 33.8 Å². The van der Waals surface area contributed by atoms with Gasteiger partial charge in [0.15, 0.2) is 0 Å². The quantitative estimate of drug-likeness (QED) is 0.839. The lowest BCUT2D eigenvalue weighted by molar-refractivity contribution is 0.0644. The summed E-state index contributed by atoms with van der Waals surface area (Å²) in [6.07, 6.45) is -0.445. The van der Waals surface area contributed by atoms with E-state index < -0.39 is 6.10 Å². The first kappa shape index (κ1) is 13.6. The molecule has 1 rings (SSSR count). The molecule has 0 amide bonds. The summed E-state index contributed by atoms with van der Waals surface area (Å²) in [5.41, 5.74) is 2.42. The fraction of sp³-hybridized carbons (Fsp3) is 0.500. The number of halogens is 1. The second-order valence-corrected chi connectivity index (χ2v) is 4.68. The normalized spacial score (nSPS) is 12.8. The van der Waals surface area contributed by atoms with Gasteiger partial charge in [0.1, 0.15) is 0 Å². The minimum Gasteiger partial charge on any atom is -0.389 e. The van der Waals surface area contributed by atoms with Gasteiger partial charge >= 0.3 is 0 Å². The largest absolute Gasteiger partial charge is 0.389 e. The van der Waals surface area contributed by atoms with E-state index in [2.05, 4.69) is 46.4 Å². The average molecular weight is 288 g/mol. The fourth-order valence-corrected chi connectivity index (χ4v) is 1.81. The van der Waals surface area contributed by atoms with Crippen LogP contribution in [-0.2, 0) is 11.3 Å². The first-order valence-corrected chi connectivity index (χ1v) is 6.05. The third-order valence-electron chi connectivity index (χ3n) is 2.30. The Morgan fingerprint density at radius 2 is 2.25 bits per heavy atom. The van der Waals surface area contributed by atoms with E-state index in [9.17, 15) is 5.11 Å². The van der Waals surface area contributed by atoms with Crippen molar-refractivity contribution in [3.63, 3.8) is 0 Å². The lowest BCUT2D eigenvalue weighted by Gasteiger charge is -2.11. The zero-order valence-corrected chi connectivity index (χ0v) is 11.3. The molecule has 3 nitrogen and oxygen atoms in total. The second kappa shape index (κ2) is 7.01. The van der Waals surface area contributed by atoms with Crippen LogP contribution in [0.4, 0.5) is 0 Å². The molecule has 90 valence electrons. The van der Waals surface area contributed by atoms with Gasteiger partial charge in [-0.2, -0.15) is 0 Å². The fourth-order valence-electron chi connectivity index (χ4n) is 1.38. The minimum absolute atomic E-state index is 0.366. The van der Waals surface area contributed by atoms with Crippen LogP contribution in [0.3, 0.4) is 0 Å². The lowest BCUT2D eigenvalue weighted by Crippen LogP contribution is -2.29. The summed E-state index contributed by atoms with van der Waals surface area (Å²) < 4.78 is 5.96. The van der Waals surface area contributed by atoms with Gasteiger partial charge in [-0.3, -0.25) is 0 Å². The van der Waals surface area contributed by atoms with Crippen molar-refractivity contribution < 1.29 is 9.84 Å². The van der Waals surface area contributed by atoms with E-state index in [1.165, 1.54) is 11.1 Å². The van der Waals surface area contributed by atoms with Crippen molar-refractivity contribution in [1.82, 2.24) is 5.32 Å². The van der Waals surface area contributed by atoms with Gasteiger partial charge in [-0.25, -0.2) is 0 Å². The zero-order valence-electron chi connectivity index (χ0n) is 9.66. The number of rotatable bonds is 6. The molecule has 1 unspecified atom stereocenters. The Morgan fingerprint density at radius 3 is 2.88 bits per heavy atom. The third kappa shape index (κ3) is 4.61. The van der Waals surface area contributed by atoms with E-state index in [4.69, 9.17) is 4.74 Å². The van der Waals surface area contributed by atoms with Crippen LogP contribution >= 0.6 is 15.9 Å². The van der Waals surface area contributed by atoms with E-state index in [-0.39, 0.29) is 0 Å². The second-order valence-electron chi connectivity index (χ2n) is 3.82. The predicted octanol–water partition coefficient (Wildman–Crippen LogP) is 1.85. The van der Waals surface area contributed by atoms with Crippen molar-refractivity contribution in [1.29, 1.82) is 0 Å².